The molecule has 5 nitrogen and oxygen atoms in total. The van der Waals surface area contributed by atoms with Crippen molar-refractivity contribution in [2.75, 3.05) is 37.7 Å². The highest BCUT2D eigenvalue weighted by Gasteiger charge is 2.21. The number of hydrogen-bond donors (Lipinski definition) is 1. The van der Waals surface area contributed by atoms with Gasteiger partial charge in [-0.15, -0.1) is 0 Å². The molecule has 2 heterocycles. The number of hydrogen-bond acceptors (Lipinski definition) is 4. The number of amides is 1. The summed E-state index contributed by atoms with van der Waals surface area (Å²) in [5.74, 6) is 0.340. The van der Waals surface area contributed by atoms with E-state index in [9.17, 15) is 9.18 Å². The number of benzene rings is 1. The van der Waals surface area contributed by atoms with E-state index in [4.69, 9.17) is 5.11 Å². The highest BCUT2D eigenvalue weighted by Crippen LogP contribution is 2.24. The Morgan fingerprint density at radius 1 is 1.27 bits per heavy atom. The van der Waals surface area contributed by atoms with Gasteiger partial charge in [0, 0.05) is 31.6 Å². The number of anilines is 1. The van der Waals surface area contributed by atoms with Crippen molar-refractivity contribution in [3.05, 3.63) is 35.6 Å². The van der Waals surface area contributed by atoms with Crippen LogP contribution in [0.1, 0.15) is 5.56 Å². The average molecular weight is 303 g/mol. The summed E-state index contributed by atoms with van der Waals surface area (Å²) in [6.45, 7) is 3.98. The van der Waals surface area contributed by atoms with Gasteiger partial charge in [-0.3, -0.25) is 4.79 Å². The highest BCUT2D eigenvalue weighted by molar-refractivity contribution is 5.84. The second-order valence-electron chi connectivity index (χ2n) is 5.48. The van der Waals surface area contributed by atoms with Crippen LogP contribution in [0.3, 0.4) is 0 Å². The third-order valence-corrected chi connectivity index (χ3v) is 4.06. The van der Waals surface area contributed by atoms with Gasteiger partial charge in [-0.05, 0) is 36.8 Å². The van der Waals surface area contributed by atoms with E-state index in [0.717, 1.165) is 22.3 Å². The van der Waals surface area contributed by atoms with Gasteiger partial charge in [0.2, 0.25) is 5.91 Å². The van der Waals surface area contributed by atoms with Crippen molar-refractivity contribution in [2.45, 2.75) is 6.92 Å². The lowest BCUT2D eigenvalue weighted by Crippen LogP contribution is -2.49. The van der Waals surface area contributed by atoms with Crippen LogP contribution in [0.25, 0.3) is 10.9 Å². The highest BCUT2D eigenvalue weighted by atomic mass is 19.1. The average Bonchev–Trinajstić information content (AvgIpc) is 2.55. The number of rotatable bonds is 2. The second-order valence-corrected chi connectivity index (χ2v) is 5.48. The van der Waals surface area contributed by atoms with Crippen LogP contribution in [0.5, 0.6) is 0 Å². The molecule has 1 aliphatic heterocycles. The molecule has 1 aromatic carbocycles. The van der Waals surface area contributed by atoms with Crippen molar-refractivity contribution < 1.29 is 14.3 Å². The third-order valence-electron chi connectivity index (χ3n) is 4.06. The number of nitrogens with zero attached hydrogens (tertiary/aromatic N) is 3. The Morgan fingerprint density at radius 2 is 2.00 bits per heavy atom. The van der Waals surface area contributed by atoms with Gasteiger partial charge in [0.05, 0.1) is 5.52 Å². The topological polar surface area (TPSA) is 56.7 Å². The summed E-state index contributed by atoms with van der Waals surface area (Å²) >= 11 is 0. The Morgan fingerprint density at radius 3 is 2.68 bits per heavy atom. The predicted octanol–water partition coefficient (Wildman–Crippen LogP) is 1.32. The number of aryl methyl sites for hydroxylation is 1. The summed E-state index contributed by atoms with van der Waals surface area (Å²) < 4.78 is 13.3. The lowest BCUT2D eigenvalue weighted by Gasteiger charge is -2.35. The first-order valence-electron chi connectivity index (χ1n) is 7.29. The summed E-state index contributed by atoms with van der Waals surface area (Å²) in [4.78, 5) is 19.8. The number of halogens is 1. The molecule has 0 aliphatic carbocycles. The summed E-state index contributed by atoms with van der Waals surface area (Å²) in [5, 5.41) is 9.72. The molecular formula is C16H18FN3O2. The Balaban J connectivity index is 1.83. The maximum absolute atomic E-state index is 13.3. The maximum Gasteiger partial charge on any atom is 0.248 e. The van der Waals surface area contributed by atoms with E-state index < -0.39 is 6.61 Å². The lowest BCUT2D eigenvalue weighted by atomic mass is 10.1. The zero-order chi connectivity index (χ0) is 15.7. The Bertz CT molecular complexity index is 712. The van der Waals surface area contributed by atoms with E-state index in [1.165, 1.54) is 12.1 Å². The Hall–Kier alpha value is -2.21. The first-order chi connectivity index (χ1) is 10.6. The van der Waals surface area contributed by atoms with E-state index in [-0.39, 0.29) is 11.7 Å². The van der Waals surface area contributed by atoms with Gasteiger partial charge in [-0.1, -0.05) is 0 Å². The smallest absolute Gasteiger partial charge is 0.248 e. The number of pyridine rings is 1. The van der Waals surface area contributed by atoms with Gasteiger partial charge in [0.1, 0.15) is 18.2 Å². The minimum atomic E-state index is -0.446. The van der Waals surface area contributed by atoms with E-state index in [2.05, 4.69) is 9.88 Å². The van der Waals surface area contributed by atoms with Gasteiger partial charge in [0.25, 0.3) is 0 Å². The zero-order valence-electron chi connectivity index (χ0n) is 12.4. The molecule has 0 bridgehead atoms. The van der Waals surface area contributed by atoms with Gasteiger partial charge in [0.15, 0.2) is 0 Å². The molecule has 0 spiro atoms. The molecule has 6 heteroatoms. The molecule has 0 unspecified atom stereocenters. The van der Waals surface area contributed by atoms with E-state index in [1.54, 1.807) is 11.0 Å². The molecule has 1 N–H and O–H groups in total. The summed E-state index contributed by atoms with van der Waals surface area (Å²) in [5.41, 5.74) is 1.75. The van der Waals surface area contributed by atoms with Crippen LogP contribution >= 0.6 is 0 Å². The van der Waals surface area contributed by atoms with Crippen molar-refractivity contribution in [3.63, 3.8) is 0 Å². The molecule has 1 aliphatic rings. The number of aliphatic hydroxyl groups is 1. The molecule has 0 radical (unpaired) electrons. The molecule has 116 valence electrons. The fraction of sp³-hybridized carbons (Fsp3) is 0.375. The Labute approximate surface area is 128 Å². The molecule has 22 heavy (non-hydrogen) atoms. The number of carbonyl (C=O) groups is 1. The van der Waals surface area contributed by atoms with E-state index in [0.29, 0.717) is 26.2 Å². The fourth-order valence-corrected chi connectivity index (χ4v) is 2.80. The maximum atomic E-state index is 13.3. The summed E-state index contributed by atoms with van der Waals surface area (Å²) in [6.07, 6.45) is 0. The zero-order valence-corrected chi connectivity index (χ0v) is 12.4. The van der Waals surface area contributed by atoms with E-state index in [1.807, 2.05) is 13.0 Å². The molecule has 1 saturated heterocycles. The van der Waals surface area contributed by atoms with Crippen LogP contribution in [0.4, 0.5) is 10.2 Å². The van der Waals surface area contributed by atoms with E-state index >= 15 is 0 Å². The summed E-state index contributed by atoms with van der Waals surface area (Å²) in [7, 11) is 0. The number of fused-ring (bicyclic) bond motifs is 1. The quantitative estimate of drug-likeness (QED) is 0.909. The first-order valence-corrected chi connectivity index (χ1v) is 7.29. The normalized spacial score (nSPS) is 15.4. The van der Waals surface area contributed by atoms with Gasteiger partial charge >= 0.3 is 0 Å². The third kappa shape index (κ3) is 2.74. The molecule has 1 fully saturated rings. The second kappa shape index (κ2) is 5.88. The van der Waals surface area contributed by atoms with Crippen molar-refractivity contribution in [1.82, 2.24) is 9.88 Å². The molecule has 0 saturated carbocycles. The lowest BCUT2D eigenvalue weighted by molar-refractivity contribution is -0.134. The van der Waals surface area contributed by atoms with Crippen molar-refractivity contribution in [2.24, 2.45) is 0 Å². The van der Waals surface area contributed by atoms with Crippen molar-refractivity contribution >= 4 is 22.6 Å². The van der Waals surface area contributed by atoms with Gasteiger partial charge in [-0.25, -0.2) is 9.37 Å². The predicted molar refractivity (Wildman–Crippen MR) is 82.3 cm³/mol. The molecule has 1 amide bonds. The number of carbonyl (C=O) groups excluding carboxylic acids is 1. The van der Waals surface area contributed by atoms with Crippen LogP contribution in [-0.2, 0) is 4.79 Å². The Kier molecular flexibility index (Phi) is 3.94. The summed E-state index contributed by atoms with van der Waals surface area (Å²) in [6, 6.07) is 6.55. The molecule has 2 aromatic rings. The number of aliphatic hydroxyl groups excluding tert-OH is 1. The van der Waals surface area contributed by atoms with Crippen LogP contribution in [0, 0.1) is 12.7 Å². The number of aromatic nitrogens is 1. The molecule has 1 aromatic heterocycles. The first kappa shape index (κ1) is 14.7. The fourth-order valence-electron chi connectivity index (χ4n) is 2.80. The number of piperazine rings is 1. The molecular weight excluding hydrogens is 285 g/mol. The van der Waals surface area contributed by atoms with Crippen LogP contribution in [0.2, 0.25) is 0 Å². The van der Waals surface area contributed by atoms with Gasteiger partial charge in [-0.2, -0.15) is 0 Å². The van der Waals surface area contributed by atoms with Crippen molar-refractivity contribution in [3.8, 4) is 0 Å². The monoisotopic (exact) mass is 303 g/mol. The van der Waals surface area contributed by atoms with Gasteiger partial charge < -0.3 is 14.9 Å². The molecule has 3 rings (SSSR count). The SMILES string of the molecule is Cc1cc(N2CCN(C(=O)CO)CC2)nc2ccc(F)cc12. The van der Waals surface area contributed by atoms with Crippen molar-refractivity contribution in [1.29, 1.82) is 0 Å². The van der Waals surface area contributed by atoms with Crippen LogP contribution in [-0.4, -0.2) is 53.7 Å². The minimum absolute atomic E-state index is 0.238. The standard InChI is InChI=1S/C16H18FN3O2/c1-11-8-15(18-14-3-2-12(17)9-13(11)14)19-4-6-20(7-5-19)16(22)10-21/h2-3,8-9,21H,4-7,10H2,1H3. The van der Waals surface area contributed by atoms with Crippen LogP contribution < -0.4 is 4.90 Å². The molecule has 0 atom stereocenters. The largest absolute Gasteiger partial charge is 0.387 e. The van der Waals surface area contributed by atoms with Crippen LogP contribution in [0.15, 0.2) is 24.3 Å². The minimum Gasteiger partial charge on any atom is -0.387 e.